The Bertz CT molecular complexity index is 775. The van der Waals surface area contributed by atoms with Gasteiger partial charge in [-0.3, -0.25) is 9.59 Å². The third-order valence-corrected chi connectivity index (χ3v) is 5.00. The Hall–Kier alpha value is -2.40. The van der Waals surface area contributed by atoms with Gasteiger partial charge in [-0.25, -0.2) is 0 Å². The highest BCUT2D eigenvalue weighted by molar-refractivity contribution is 5.86. The van der Waals surface area contributed by atoms with Crippen LogP contribution in [-0.4, -0.2) is 36.3 Å². The molecule has 5 heteroatoms. The van der Waals surface area contributed by atoms with Crippen LogP contribution in [0.4, 0.5) is 0 Å². The van der Waals surface area contributed by atoms with Gasteiger partial charge in [0.15, 0.2) is 0 Å². The lowest BCUT2D eigenvalue weighted by atomic mass is 10.0. The molecule has 1 aliphatic heterocycles. The van der Waals surface area contributed by atoms with Crippen molar-refractivity contribution in [2.45, 2.75) is 38.1 Å². The summed E-state index contributed by atoms with van der Waals surface area (Å²) in [4.78, 5) is 26.4. The number of nitrogens with zero attached hydrogens (tertiary/aromatic N) is 1. The molecule has 0 saturated carbocycles. The highest BCUT2D eigenvalue weighted by atomic mass is 16.2. The Kier molecular flexibility index (Phi) is 6.23. The van der Waals surface area contributed by atoms with Gasteiger partial charge in [-0.1, -0.05) is 49.2 Å². The van der Waals surface area contributed by atoms with Crippen LogP contribution in [0.5, 0.6) is 0 Å². The first kappa shape index (κ1) is 18.4. The molecule has 0 aromatic heterocycles. The van der Waals surface area contributed by atoms with Gasteiger partial charge in [0.05, 0.1) is 12.6 Å². The van der Waals surface area contributed by atoms with Gasteiger partial charge < -0.3 is 16.0 Å². The molecule has 5 nitrogen and oxygen atoms in total. The molecule has 3 N–H and O–H groups in total. The first-order chi connectivity index (χ1) is 12.7. The van der Waals surface area contributed by atoms with Gasteiger partial charge in [-0.15, -0.1) is 0 Å². The molecule has 0 bridgehead atoms. The topological polar surface area (TPSA) is 75.4 Å². The quantitative estimate of drug-likeness (QED) is 0.868. The van der Waals surface area contributed by atoms with Crippen molar-refractivity contribution in [3.05, 3.63) is 48.0 Å². The first-order valence-corrected chi connectivity index (χ1v) is 9.43. The maximum Gasteiger partial charge on any atom is 0.240 e. The van der Waals surface area contributed by atoms with Gasteiger partial charge in [0.2, 0.25) is 11.8 Å². The number of benzene rings is 2. The minimum Gasteiger partial charge on any atom is -0.346 e. The van der Waals surface area contributed by atoms with E-state index in [-0.39, 0.29) is 24.4 Å². The predicted octanol–water partition coefficient (Wildman–Crippen LogP) is 2.75. The molecule has 1 fully saturated rings. The summed E-state index contributed by atoms with van der Waals surface area (Å²) < 4.78 is 0. The standard InChI is InChI=1S/C21H27N3O2/c22-14-19(18-11-10-16-7-4-5-8-17(16)13-18)23-20(25)15-24-12-6-2-1-3-9-21(24)26/h4-5,7-8,10-11,13,19H,1-3,6,9,12,14-15,22H2,(H,23,25). The van der Waals surface area contributed by atoms with Crippen molar-refractivity contribution in [1.29, 1.82) is 0 Å². The number of fused-ring (bicyclic) bond motifs is 1. The Morgan fingerprint density at radius 3 is 2.65 bits per heavy atom. The average Bonchev–Trinajstić information content (AvgIpc) is 2.65. The lowest BCUT2D eigenvalue weighted by Gasteiger charge is -2.25. The van der Waals surface area contributed by atoms with Gasteiger partial charge in [-0.2, -0.15) is 0 Å². The summed E-state index contributed by atoms with van der Waals surface area (Å²) in [5, 5.41) is 5.27. The molecule has 2 aromatic rings. The number of carbonyl (C=O) groups excluding carboxylic acids is 2. The summed E-state index contributed by atoms with van der Waals surface area (Å²) in [6.07, 6.45) is 4.64. The minimum absolute atomic E-state index is 0.0786. The molecule has 1 unspecified atom stereocenters. The summed E-state index contributed by atoms with van der Waals surface area (Å²) >= 11 is 0. The summed E-state index contributed by atoms with van der Waals surface area (Å²) in [5.41, 5.74) is 6.89. The smallest absolute Gasteiger partial charge is 0.240 e. The van der Waals surface area contributed by atoms with E-state index in [0.717, 1.165) is 42.0 Å². The van der Waals surface area contributed by atoms with Gasteiger partial charge in [0, 0.05) is 19.5 Å². The third kappa shape index (κ3) is 4.61. The number of carbonyl (C=O) groups is 2. The molecule has 26 heavy (non-hydrogen) atoms. The fourth-order valence-electron chi connectivity index (χ4n) is 3.50. The van der Waals surface area contributed by atoms with E-state index in [1.54, 1.807) is 4.90 Å². The molecule has 2 aromatic carbocycles. The summed E-state index contributed by atoms with van der Waals surface area (Å²) in [6.45, 7) is 1.09. The molecule has 1 heterocycles. The summed E-state index contributed by atoms with van der Waals surface area (Å²) in [6, 6.07) is 14.0. The maximum atomic E-state index is 12.5. The Labute approximate surface area is 154 Å². The highest BCUT2D eigenvalue weighted by Crippen LogP contribution is 2.20. The van der Waals surface area contributed by atoms with Crippen LogP contribution in [0.15, 0.2) is 42.5 Å². The van der Waals surface area contributed by atoms with Crippen LogP contribution in [0.2, 0.25) is 0 Å². The van der Waals surface area contributed by atoms with Crippen molar-refractivity contribution in [2.24, 2.45) is 5.73 Å². The normalized spacial score (nSPS) is 16.8. The number of hydrogen-bond acceptors (Lipinski definition) is 3. The van der Waals surface area contributed by atoms with Crippen molar-refractivity contribution in [3.8, 4) is 0 Å². The second-order valence-corrected chi connectivity index (χ2v) is 6.94. The van der Waals surface area contributed by atoms with Crippen molar-refractivity contribution < 1.29 is 9.59 Å². The van der Waals surface area contributed by atoms with Crippen LogP contribution in [-0.2, 0) is 9.59 Å². The lowest BCUT2D eigenvalue weighted by molar-refractivity contribution is -0.136. The van der Waals surface area contributed by atoms with E-state index >= 15 is 0 Å². The van der Waals surface area contributed by atoms with E-state index in [9.17, 15) is 9.59 Å². The fraction of sp³-hybridized carbons (Fsp3) is 0.429. The van der Waals surface area contributed by atoms with Crippen molar-refractivity contribution >= 4 is 22.6 Å². The Balaban J connectivity index is 1.66. The molecule has 1 aliphatic rings. The number of rotatable bonds is 5. The van der Waals surface area contributed by atoms with E-state index in [2.05, 4.69) is 17.4 Å². The van der Waals surface area contributed by atoms with Crippen LogP contribution in [0, 0.1) is 0 Å². The molecule has 0 radical (unpaired) electrons. The number of hydrogen-bond donors (Lipinski definition) is 2. The molecular formula is C21H27N3O2. The van der Waals surface area contributed by atoms with E-state index in [0.29, 0.717) is 19.5 Å². The lowest BCUT2D eigenvalue weighted by Crippen LogP contribution is -2.43. The third-order valence-electron chi connectivity index (χ3n) is 5.00. The molecule has 0 spiro atoms. The zero-order valence-corrected chi connectivity index (χ0v) is 15.1. The molecule has 1 atom stereocenters. The second-order valence-electron chi connectivity index (χ2n) is 6.94. The predicted molar refractivity (Wildman–Crippen MR) is 104 cm³/mol. The molecule has 2 amide bonds. The van der Waals surface area contributed by atoms with Crippen LogP contribution in [0.1, 0.15) is 43.7 Å². The van der Waals surface area contributed by atoms with Gasteiger partial charge in [0.1, 0.15) is 0 Å². The van der Waals surface area contributed by atoms with Gasteiger partial charge >= 0.3 is 0 Å². The van der Waals surface area contributed by atoms with Crippen LogP contribution >= 0.6 is 0 Å². The SMILES string of the molecule is NCC(NC(=O)CN1CCCCCCC1=O)c1ccc2ccccc2c1. The molecule has 3 rings (SSSR count). The Morgan fingerprint density at radius 2 is 1.85 bits per heavy atom. The van der Waals surface area contributed by atoms with Crippen molar-refractivity contribution in [2.75, 3.05) is 19.6 Å². The van der Waals surface area contributed by atoms with E-state index in [4.69, 9.17) is 5.73 Å². The molecular weight excluding hydrogens is 326 g/mol. The molecule has 138 valence electrons. The van der Waals surface area contributed by atoms with Crippen molar-refractivity contribution in [3.63, 3.8) is 0 Å². The molecule has 1 saturated heterocycles. The van der Waals surface area contributed by atoms with E-state index in [1.165, 1.54) is 0 Å². The monoisotopic (exact) mass is 353 g/mol. The number of nitrogens with two attached hydrogens (primary N) is 1. The maximum absolute atomic E-state index is 12.5. The fourth-order valence-corrected chi connectivity index (χ4v) is 3.50. The number of likely N-dealkylation sites (tertiary alicyclic amines) is 1. The largest absolute Gasteiger partial charge is 0.346 e. The molecule has 0 aliphatic carbocycles. The van der Waals surface area contributed by atoms with Crippen LogP contribution in [0.25, 0.3) is 10.8 Å². The summed E-state index contributed by atoms with van der Waals surface area (Å²) in [5.74, 6) is -0.0719. The minimum atomic E-state index is -0.253. The Morgan fingerprint density at radius 1 is 1.08 bits per heavy atom. The highest BCUT2D eigenvalue weighted by Gasteiger charge is 2.20. The van der Waals surface area contributed by atoms with E-state index in [1.807, 2.05) is 30.3 Å². The van der Waals surface area contributed by atoms with Crippen molar-refractivity contribution in [1.82, 2.24) is 10.2 Å². The number of amides is 2. The zero-order chi connectivity index (χ0) is 18.4. The first-order valence-electron chi connectivity index (χ1n) is 9.43. The zero-order valence-electron chi connectivity index (χ0n) is 15.1. The van der Waals surface area contributed by atoms with Crippen LogP contribution < -0.4 is 11.1 Å². The summed E-state index contributed by atoms with van der Waals surface area (Å²) in [7, 11) is 0. The van der Waals surface area contributed by atoms with E-state index < -0.39 is 0 Å². The van der Waals surface area contributed by atoms with Crippen LogP contribution in [0.3, 0.4) is 0 Å². The van der Waals surface area contributed by atoms with Gasteiger partial charge in [0.25, 0.3) is 0 Å². The second kappa shape index (κ2) is 8.81. The average molecular weight is 353 g/mol. The van der Waals surface area contributed by atoms with Gasteiger partial charge in [-0.05, 0) is 35.2 Å². The number of nitrogens with one attached hydrogen (secondary N) is 1.